The summed E-state index contributed by atoms with van der Waals surface area (Å²) in [7, 11) is -3.67. The van der Waals surface area contributed by atoms with Crippen molar-refractivity contribution in [2.75, 3.05) is 13.2 Å². The molecule has 3 aromatic rings. The zero-order valence-corrected chi connectivity index (χ0v) is 18.1. The summed E-state index contributed by atoms with van der Waals surface area (Å²) in [5.41, 5.74) is 0.976. The molecule has 1 aromatic heterocycles. The Morgan fingerprint density at radius 1 is 1.10 bits per heavy atom. The molecule has 0 radical (unpaired) electrons. The SMILES string of the molecule is Cc1ccc(S(=O)(=O)[C@@H](CNC(=O)COc2ccc(Cl)cc2)c2cccs2)cc1. The Hall–Kier alpha value is -2.35. The largest absolute Gasteiger partial charge is 0.484 e. The van der Waals surface area contributed by atoms with E-state index in [1.807, 2.05) is 12.3 Å². The van der Waals surface area contributed by atoms with Gasteiger partial charge in [-0.05, 0) is 54.8 Å². The fourth-order valence-electron chi connectivity index (χ4n) is 2.67. The van der Waals surface area contributed by atoms with Crippen LogP contribution in [0, 0.1) is 6.92 Å². The second-order valence-electron chi connectivity index (χ2n) is 6.41. The number of ether oxygens (including phenoxy) is 1. The van der Waals surface area contributed by atoms with Crippen LogP contribution in [0.25, 0.3) is 0 Å². The molecule has 1 amide bonds. The lowest BCUT2D eigenvalue weighted by atomic mass is 10.2. The molecule has 29 heavy (non-hydrogen) atoms. The highest BCUT2D eigenvalue weighted by Gasteiger charge is 2.30. The summed E-state index contributed by atoms with van der Waals surface area (Å²) < 4.78 is 31.8. The fraction of sp³-hybridized carbons (Fsp3) is 0.190. The number of halogens is 1. The Labute approximate surface area is 179 Å². The maximum absolute atomic E-state index is 13.2. The topological polar surface area (TPSA) is 72.5 Å². The number of amides is 1. The Bertz CT molecular complexity index is 1050. The summed E-state index contributed by atoms with van der Waals surface area (Å²) >= 11 is 7.16. The van der Waals surface area contributed by atoms with Crippen LogP contribution in [0.4, 0.5) is 0 Å². The van der Waals surface area contributed by atoms with Gasteiger partial charge in [-0.1, -0.05) is 35.4 Å². The average Bonchev–Trinajstić information content (AvgIpc) is 3.22. The quantitative estimate of drug-likeness (QED) is 0.552. The average molecular weight is 450 g/mol. The molecule has 1 atom stereocenters. The number of nitrogens with one attached hydrogen (secondary N) is 1. The van der Waals surface area contributed by atoms with Crippen LogP contribution in [0.1, 0.15) is 15.7 Å². The van der Waals surface area contributed by atoms with Gasteiger partial charge in [-0.25, -0.2) is 8.42 Å². The van der Waals surface area contributed by atoms with Gasteiger partial charge in [0.1, 0.15) is 11.0 Å². The van der Waals surface area contributed by atoms with E-state index >= 15 is 0 Å². The van der Waals surface area contributed by atoms with Crippen molar-refractivity contribution in [3.8, 4) is 5.75 Å². The summed E-state index contributed by atoms with van der Waals surface area (Å²) in [6.07, 6.45) is 0. The molecule has 0 aliphatic rings. The molecule has 1 N–H and O–H groups in total. The molecule has 1 heterocycles. The molecule has 0 saturated heterocycles. The zero-order valence-electron chi connectivity index (χ0n) is 15.7. The highest BCUT2D eigenvalue weighted by molar-refractivity contribution is 7.91. The van der Waals surface area contributed by atoms with Crippen LogP contribution < -0.4 is 10.1 Å². The minimum atomic E-state index is -3.67. The fourth-order valence-corrected chi connectivity index (χ4v) is 5.58. The van der Waals surface area contributed by atoms with Crippen molar-refractivity contribution < 1.29 is 17.9 Å². The molecule has 0 spiro atoms. The van der Waals surface area contributed by atoms with E-state index in [1.165, 1.54) is 11.3 Å². The van der Waals surface area contributed by atoms with Gasteiger partial charge in [0, 0.05) is 16.4 Å². The van der Waals surface area contributed by atoms with Crippen LogP contribution in [-0.2, 0) is 14.6 Å². The smallest absolute Gasteiger partial charge is 0.257 e. The van der Waals surface area contributed by atoms with E-state index in [1.54, 1.807) is 60.7 Å². The number of sulfone groups is 1. The number of rotatable bonds is 8. The number of aryl methyl sites for hydroxylation is 1. The predicted octanol–water partition coefficient (Wildman–Crippen LogP) is 4.42. The summed E-state index contributed by atoms with van der Waals surface area (Å²) in [5.74, 6) is 0.104. The molecule has 8 heteroatoms. The lowest BCUT2D eigenvalue weighted by Gasteiger charge is -2.18. The second kappa shape index (κ2) is 9.43. The molecule has 0 saturated carbocycles. The maximum atomic E-state index is 13.2. The molecule has 2 aromatic carbocycles. The maximum Gasteiger partial charge on any atom is 0.257 e. The predicted molar refractivity (Wildman–Crippen MR) is 115 cm³/mol. The van der Waals surface area contributed by atoms with Crippen LogP contribution in [0.3, 0.4) is 0 Å². The monoisotopic (exact) mass is 449 g/mol. The number of benzene rings is 2. The van der Waals surface area contributed by atoms with Gasteiger partial charge in [-0.2, -0.15) is 0 Å². The first-order valence-corrected chi connectivity index (χ1v) is 11.7. The van der Waals surface area contributed by atoms with E-state index in [0.717, 1.165) is 5.56 Å². The number of carbonyl (C=O) groups excluding carboxylic acids is 1. The number of hydrogen-bond donors (Lipinski definition) is 1. The van der Waals surface area contributed by atoms with Gasteiger partial charge in [0.05, 0.1) is 4.90 Å². The molecular weight excluding hydrogens is 430 g/mol. The van der Waals surface area contributed by atoms with Gasteiger partial charge in [-0.15, -0.1) is 11.3 Å². The van der Waals surface area contributed by atoms with E-state index < -0.39 is 21.0 Å². The molecule has 0 fully saturated rings. The Kier molecular flexibility index (Phi) is 6.95. The first-order valence-electron chi connectivity index (χ1n) is 8.85. The standard InChI is InChI=1S/C21H20ClNO4S2/c1-15-4-10-18(11-5-15)29(25,26)20(19-3-2-12-28-19)13-23-21(24)14-27-17-8-6-16(22)7-9-17/h2-12,20H,13-14H2,1H3,(H,23,24)/t20-/m0/s1. The van der Waals surface area contributed by atoms with Crippen LogP contribution >= 0.6 is 22.9 Å². The normalized spacial score (nSPS) is 12.3. The zero-order chi connectivity index (χ0) is 20.9. The third-order valence-electron chi connectivity index (χ3n) is 4.25. The van der Waals surface area contributed by atoms with Crippen molar-refractivity contribution in [1.29, 1.82) is 0 Å². The van der Waals surface area contributed by atoms with Gasteiger partial charge in [0.25, 0.3) is 5.91 Å². The van der Waals surface area contributed by atoms with E-state index in [-0.39, 0.29) is 18.0 Å². The molecule has 3 rings (SSSR count). The highest BCUT2D eigenvalue weighted by atomic mass is 35.5. The lowest BCUT2D eigenvalue weighted by molar-refractivity contribution is -0.123. The molecule has 0 unspecified atom stereocenters. The van der Waals surface area contributed by atoms with E-state index in [4.69, 9.17) is 16.3 Å². The van der Waals surface area contributed by atoms with Crippen molar-refractivity contribution in [3.05, 3.63) is 81.5 Å². The molecule has 5 nitrogen and oxygen atoms in total. The molecule has 0 bridgehead atoms. The molecule has 0 aliphatic heterocycles. The van der Waals surface area contributed by atoms with Crippen molar-refractivity contribution in [2.45, 2.75) is 17.1 Å². The summed E-state index contributed by atoms with van der Waals surface area (Å²) in [5, 5.41) is 4.20. The number of thiophene rings is 1. The van der Waals surface area contributed by atoms with Gasteiger partial charge in [-0.3, -0.25) is 4.79 Å². The third kappa shape index (κ3) is 5.59. The first kappa shape index (κ1) is 21.4. The van der Waals surface area contributed by atoms with Crippen molar-refractivity contribution in [1.82, 2.24) is 5.32 Å². The van der Waals surface area contributed by atoms with Crippen LogP contribution in [-0.4, -0.2) is 27.5 Å². The Morgan fingerprint density at radius 2 is 1.79 bits per heavy atom. The van der Waals surface area contributed by atoms with Crippen LogP contribution in [0.2, 0.25) is 5.02 Å². The van der Waals surface area contributed by atoms with Gasteiger partial charge >= 0.3 is 0 Å². The Balaban J connectivity index is 1.69. The van der Waals surface area contributed by atoms with Gasteiger partial charge in [0.2, 0.25) is 0 Å². The third-order valence-corrected chi connectivity index (χ3v) is 7.74. The molecular formula is C21H20ClNO4S2. The van der Waals surface area contributed by atoms with Crippen LogP contribution in [0.5, 0.6) is 5.75 Å². The highest BCUT2D eigenvalue weighted by Crippen LogP contribution is 2.31. The van der Waals surface area contributed by atoms with Gasteiger partial charge < -0.3 is 10.1 Å². The number of carbonyl (C=O) groups is 1. The minimum Gasteiger partial charge on any atom is -0.484 e. The second-order valence-corrected chi connectivity index (χ2v) is 9.95. The van der Waals surface area contributed by atoms with Gasteiger partial charge in [0.15, 0.2) is 16.4 Å². The minimum absolute atomic E-state index is 0.0421. The van der Waals surface area contributed by atoms with E-state index in [2.05, 4.69) is 5.32 Å². The lowest BCUT2D eigenvalue weighted by Crippen LogP contribution is -2.34. The molecule has 0 aliphatic carbocycles. The first-order chi connectivity index (χ1) is 13.9. The summed E-state index contributed by atoms with van der Waals surface area (Å²) in [6, 6.07) is 16.9. The number of hydrogen-bond acceptors (Lipinski definition) is 5. The van der Waals surface area contributed by atoms with Crippen molar-refractivity contribution >= 4 is 38.7 Å². The van der Waals surface area contributed by atoms with E-state index in [9.17, 15) is 13.2 Å². The van der Waals surface area contributed by atoms with Crippen LogP contribution in [0.15, 0.2) is 70.9 Å². The van der Waals surface area contributed by atoms with Crippen molar-refractivity contribution in [3.63, 3.8) is 0 Å². The summed E-state index contributed by atoms with van der Waals surface area (Å²) in [6.45, 7) is 1.64. The molecule has 152 valence electrons. The summed E-state index contributed by atoms with van der Waals surface area (Å²) in [4.78, 5) is 13.1. The Morgan fingerprint density at radius 3 is 2.41 bits per heavy atom. The van der Waals surface area contributed by atoms with E-state index in [0.29, 0.717) is 15.6 Å². The van der Waals surface area contributed by atoms with Crippen molar-refractivity contribution in [2.24, 2.45) is 0 Å².